The van der Waals surface area contributed by atoms with Crippen LogP contribution in [0.25, 0.3) is 0 Å². The molecule has 414 valence electrons. The molecule has 0 unspecified atom stereocenters. The zero-order valence-electron chi connectivity index (χ0n) is 40.7. The summed E-state index contributed by atoms with van der Waals surface area (Å²) in [5, 5.41) is 74.8. The molecular formula is C42H66N12O20. The number of primary amides is 1. The zero-order chi connectivity index (χ0) is 56.1. The Bertz CT molecular complexity index is 2130. The number of aliphatic carboxylic acids is 3. The topological polar surface area (TPSA) is 515 Å². The van der Waals surface area contributed by atoms with E-state index in [0.29, 0.717) is 12.8 Å². The fourth-order valence-electron chi connectivity index (χ4n) is 7.49. The van der Waals surface area contributed by atoms with Gasteiger partial charge in [0.05, 0.1) is 26.2 Å². The van der Waals surface area contributed by atoms with Crippen molar-refractivity contribution in [3.8, 4) is 0 Å². The van der Waals surface area contributed by atoms with Crippen molar-refractivity contribution in [1.82, 2.24) is 52.3 Å². The second-order valence-corrected chi connectivity index (χ2v) is 17.4. The summed E-state index contributed by atoms with van der Waals surface area (Å²) in [5.74, 6) is -16.1. The van der Waals surface area contributed by atoms with Crippen molar-refractivity contribution in [1.29, 1.82) is 0 Å². The van der Waals surface area contributed by atoms with Gasteiger partial charge < -0.3 is 94.4 Å². The highest BCUT2D eigenvalue weighted by atomic mass is 16.4. The lowest BCUT2D eigenvalue weighted by Gasteiger charge is -2.29. The second kappa shape index (κ2) is 29.8. The molecule has 2 aliphatic rings. The van der Waals surface area contributed by atoms with E-state index in [-0.39, 0.29) is 25.9 Å². The Kier molecular flexibility index (Phi) is 25.2. The van der Waals surface area contributed by atoms with E-state index in [2.05, 4.69) is 42.5 Å². The molecule has 0 aliphatic carbocycles. The average molecular weight is 1060 g/mol. The predicted octanol–water partition coefficient (Wildman–Crippen LogP) is -9.10. The Morgan fingerprint density at radius 3 is 1.36 bits per heavy atom. The largest absolute Gasteiger partial charge is 0.481 e. The molecule has 0 saturated carbocycles. The Hall–Kier alpha value is -7.58. The molecule has 32 nitrogen and oxygen atoms in total. The van der Waals surface area contributed by atoms with Crippen LogP contribution in [0.5, 0.6) is 0 Å². The van der Waals surface area contributed by atoms with Crippen LogP contribution in [0.15, 0.2) is 0 Å². The quantitative estimate of drug-likeness (QED) is 0.0318. The number of nitrogens with one attached hydrogen (secondary N) is 8. The van der Waals surface area contributed by atoms with Gasteiger partial charge in [-0.15, -0.1) is 0 Å². The van der Waals surface area contributed by atoms with Gasteiger partial charge in [-0.05, 0) is 59.3 Å². The first-order valence-electron chi connectivity index (χ1n) is 23.2. The molecule has 11 atom stereocenters. The van der Waals surface area contributed by atoms with Gasteiger partial charge in [-0.2, -0.15) is 0 Å². The number of nitrogens with two attached hydrogens (primary N) is 2. The predicted molar refractivity (Wildman–Crippen MR) is 246 cm³/mol. The number of hydrogen-bond acceptors (Lipinski definition) is 18. The number of carboxylic acid groups (broad SMARTS) is 3. The van der Waals surface area contributed by atoms with Crippen molar-refractivity contribution >= 4 is 82.9 Å². The standard InChI is InChI=1S/C42H66N12O20/c1-18(46-37(68)25(16-56)51-39(70)28-7-4-12-53(28)40(71)21(43)15-55)32(63)48-22(8-10-29(44)58)35(66)50-24(14-31(61)62)36(67)49-23(9-11-30(59)60)34(65)45-19(2)33(64)52-26(17-57)41(72)54-13-5-6-27(54)38(69)47-20(3)42(73)74/h18-28,55-57H,4-17,43H2,1-3H3,(H2,44,58)(H,45,65)(H,46,68)(H,47,69)(H,48,63)(H,49,67)(H,50,66)(H,51,70)(H,52,64)(H,59,60)(H,61,62)(H,73,74)/t18-,19-,20-,21-,22-,23-,24-,25-,26-,27-,28-/m0/s1. The maximum absolute atomic E-state index is 13.6. The van der Waals surface area contributed by atoms with Gasteiger partial charge in [-0.3, -0.25) is 67.1 Å². The monoisotopic (exact) mass is 1060 g/mol. The third-order valence-electron chi connectivity index (χ3n) is 11.6. The van der Waals surface area contributed by atoms with Crippen molar-refractivity contribution in [2.45, 2.75) is 145 Å². The molecule has 0 spiro atoms. The molecule has 11 amide bonds. The van der Waals surface area contributed by atoms with Gasteiger partial charge in [-0.25, -0.2) is 0 Å². The van der Waals surface area contributed by atoms with Crippen molar-refractivity contribution in [2.75, 3.05) is 32.9 Å². The summed E-state index contributed by atoms with van der Waals surface area (Å²) in [4.78, 5) is 181. The van der Waals surface area contributed by atoms with E-state index in [1.165, 1.54) is 6.92 Å². The number of aliphatic hydroxyl groups excluding tert-OH is 3. The fraction of sp³-hybridized carbons (Fsp3) is 0.667. The van der Waals surface area contributed by atoms with E-state index in [1.807, 2.05) is 0 Å². The van der Waals surface area contributed by atoms with Gasteiger partial charge in [0.25, 0.3) is 0 Å². The molecule has 2 saturated heterocycles. The Labute approximate surface area is 421 Å². The zero-order valence-corrected chi connectivity index (χ0v) is 40.7. The van der Waals surface area contributed by atoms with Crippen molar-refractivity contribution < 1.29 is 97.8 Å². The van der Waals surface area contributed by atoms with Crippen LogP contribution in [0.4, 0.5) is 0 Å². The third kappa shape index (κ3) is 19.1. The lowest BCUT2D eigenvalue weighted by atomic mass is 10.1. The van der Waals surface area contributed by atoms with Crippen LogP contribution in [0.3, 0.4) is 0 Å². The van der Waals surface area contributed by atoms with Crippen LogP contribution in [0, 0.1) is 0 Å². The number of carbonyl (C=O) groups is 14. The van der Waals surface area contributed by atoms with E-state index in [0.717, 1.165) is 23.6 Å². The molecule has 0 aromatic heterocycles. The maximum Gasteiger partial charge on any atom is 0.325 e. The molecule has 2 heterocycles. The summed E-state index contributed by atoms with van der Waals surface area (Å²) in [7, 11) is 0. The minimum absolute atomic E-state index is 0.000630. The number of nitrogens with zero attached hydrogens (tertiary/aromatic N) is 2. The van der Waals surface area contributed by atoms with Gasteiger partial charge >= 0.3 is 17.9 Å². The van der Waals surface area contributed by atoms with E-state index < -0.39 is 201 Å². The molecule has 0 aromatic carbocycles. The van der Waals surface area contributed by atoms with Gasteiger partial charge in [0.15, 0.2) is 0 Å². The van der Waals surface area contributed by atoms with Crippen LogP contribution in [-0.4, -0.2) is 223 Å². The summed E-state index contributed by atoms with van der Waals surface area (Å²) in [6.07, 6.45) is -2.87. The van der Waals surface area contributed by atoms with Gasteiger partial charge in [0.2, 0.25) is 65.0 Å². The number of rotatable bonds is 30. The van der Waals surface area contributed by atoms with E-state index in [4.69, 9.17) is 16.6 Å². The molecule has 18 N–H and O–H groups in total. The summed E-state index contributed by atoms with van der Waals surface area (Å²) in [5.41, 5.74) is 10.8. The highest BCUT2D eigenvalue weighted by Gasteiger charge is 2.41. The van der Waals surface area contributed by atoms with Crippen LogP contribution < -0.4 is 54.0 Å². The second-order valence-electron chi connectivity index (χ2n) is 17.4. The Balaban J connectivity index is 2.20. The molecule has 2 fully saturated rings. The van der Waals surface area contributed by atoms with Gasteiger partial charge in [0, 0.05) is 25.9 Å². The molecule has 0 bridgehead atoms. The van der Waals surface area contributed by atoms with Crippen LogP contribution in [-0.2, 0) is 67.1 Å². The van der Waals surface area contributed by atoms with Crippen LogP contribution in [0.2, 0.25) is 0 Å². The first-order valence-corrected chi connectivity index (χ1v) is 23.2. The third-order valence-corrected chi connectivity index (χ3v) is 11.6. The summed E-state index contributed by atoms with van der Waals surface area (Å²) in [6.45, 7) is 0.819. The lowest BCUT2D eigenvalue weighted by molar-refractivity contribution is -0.145. The summed E-state index contributed by atoms with van der Waals surface area (Å²) in [6, 6.07) is -17.1. The maximum atomic E-state index is 13.6. The Morgan fingerprint density at radius 1 is 0.486 bits per heavy atom. The summed E-state index contributed by atoms with van der Waals surface area (Å²) < 4.78 is 0. The number of amides is 11. The number of hydrogen-bond donors (Lipinski definition) is 16. The normalized spacial score (nSPS) is 18.7. The SMILES string of the molecule is C[C@H](NC(=O)[C@@H]1CCCN1C(=O)[C@H](CO)NC(=O)[C@H](C)NC(=O)[C@H](CCC(=O)O)NC(=O)[C@H](CC(=O)O)NC(=O)[C@H](CCC(N)=O)NC(=O)[C@H](C)NC(=O)[C@H](CO)NC(=O)[C@@H]1CCCN1C(=O)[C@@H](N)CO)C(=O)O. The number of aliphatic hydroxyl groups is 3. The van der Waals surface area contributed by atoms with E-state index in [1.54, 1.807) is 0 Å². The molecule has 0 radical (unpaired) electrons. The van der Waals surface area contributed by atoms with E-state index >= 15 is 0 Å². The molecule has 2 aliphatic heterocycles. The van der Waals surface area contributed by atoms with Crippen molar-refractivity contribution in [3.05, 3.63) is 0 Å². The molecule has 74 heavy (non-hydrogen) atoms. The Morgan fingerprint density at radius 2 is 0.905 bits per heavy atom. The molecule has 0 aromatic rings. The van der Waals surface area contributed by atoms with Gasteiger partial charge in [-0.1, -0.05) is 0 Å². The van der Waals surface area contributed by atoms with Crippen LogP contribution in [0.1, 0.15) is 78.6 Å². The van der Waals surface area contributed by atoms with Gasteiger partial charge in [0.1, 0.15) is 66.5 Å². The smallest absolute Gasteiger partial charge is 0.325 e. The summed E-state index contributed by atoms with van der Waals surface area (Å²) >= 11 is 0. The fourth-order valence-corrected chi connectivity index (χ4v) is 7.49. The minimum Gasteiger partial charge on any atom is -0.481 e. The first-order chi connectivity index (χ1) is 34.7. The number of likely N-dealkylation sites (tertiary alicyclic amines) is 2. The average Bonchev–Trinajstić information content (AvgIpc) is 4.05. The number of carboxylic acids is 3. The number of carbonyl (C=O) groups excluding carboxylic acids is 11. The minimum atomic E-state index is -2.09. The lowest BCUT2D eigenvalue weighted by Crippen LogP contribution is -2.60. The van der Waals surface area contributed by atoms with Crippen molar-refractivity contribution in [3.63, 3.8) is 0 Å². The molecule has 2 rings (SSSR count). The highest BCUT2D eigenvalue weighted by Crippen LogP contribution is 2.20. The molecule has 32 heteroatoms. The highest BCUT2D eigenvalue weighted by molar-refractivity contribution is 6.00. The molecular weight excluding hydrogens is 993 g/mol. The first kappa shape index (κ1) is 62.5. The van der Waals surface area contributed by atoms with Crippen molar-refractivity contribution in [2.24, 2.45) is 11.5 Å². The van der Waals surface area contributed by atoms with E-state index in [9.17, 15) is 92.7 Å². The van der Waals surface area contributed by atoms with Crippen LogP contribution >= 0.6 is 0 Å².